The van der Waals surface area contributed by atoms with Crippen LogP contribution in [0.25, 0.3) is 0 Å². The molecule has 0 N–H and O–H groups in total. The van der Waals surface area contributed by atoms with Crippen molar-refractivity contribution in [3.63, 3.8) is 0 Å². The summed E-state index contributed by atoms with van der Waals surface area (Å²) in [5.41, 5.74) is 1.70. The van der Waals surface area contributed by atoms with Crippen LogP contribution in [0.5, 0.6) is 0 Å². The molecule has 3 nitrogen and oxygen atoms in total. The molecule has 84 valence electrons. The Morgan fingerprint density at radius 3 is 2.81 bits per heavy atom. The van der Waals surface area contributed by atoms with Gasteiger partial charge in [0, 0.05) is 16.4 Å². The molecule has 0 aliphatic carbocycles. The standard InChI is InChI=1S/C10H10N2OS3/c13-16(9-4-2-1-3-5-9)7-6-14-10-12-11-8-15-10/h1-5,8H,6-7H2/t16-/m0/s1. The predicted octanol–water partition coefficient (Wildman–Crippen LogP) is 2.44. The molecule has 1 heterocycles. The van der Waals surface area contributed by atoms with Crippen molar-refractivity contribution in [3.8, 4) is 0 Å². The fraction of sp³-hybridized carbons (Fsp3) is 0.200. The van der Waals surface area contributed by atoms with Crippen LogP contribution < -0.4 is 0 Å². The van der Waals surface area contributed by atoms with Gasteiger partial charge in [0.2, 0.25) is 0 Å². The number of hydrogen-bond donors (Lipinski definition) is 0. The van der Waals surface area contributed by atoms with Gasteiger partial charge in [0.05, 0.1) is 10.8 Å². The highest BCUT2D eigenvalue weighted by molar-refractivity contribution is 8.01. The smallest absolute Gasteiger partial charge is 0.174 e. The number of hydrogen-bond acceptors (Lipinski definition) is 5. The number of aromatic nitrogens is 2. The molecule has 0 bridgehead atoms. The third-order valence-corrected chi connectivity index (χ3v) is 5.33. The monoisotopic (exact) mass is 270 g/mol. The van der Waals surface area contributed by atoms with Gasteiger partial charge in [-0.15, -0.1) is 10.2 Å². The summed E-state index contributed by atoms with van der Waals surface area (Å²) in [7, 11) is -0.909. The summed E-state index contributed by atoms with van der Waals surface area (Å²) < 4.78 is 12.8. The van der Waals surface area contributed by atoms with Crippen LogP contribution in [0.3, 0.4) is 0 Å². The summed E-state index contributed by atoms with van der Waals surface area (Å²) in [5, 5.41) is 7.67. The van der Waals surface area contributed by atoms with Crippen molar-refractivity contribution in [2.75, 3.05) is 11.5 Å². The van der Waals surface area contributed by atoms with Crippen molar-refractivity contribution in [3.05, 3.63) is 35.8 Å². The lowest BCUT2D eigenvalue weighted by molar-refractivity contribution is 0.684. The van der Waals surface area contributed by atoms with Crippen molar-refractivity contribution in [1.82, 2.24) is 10.2 Å². The largest absolute Gasteiger partial charge is 0.254 e. The van der Waals surface area contributed by atoms with E-state index >= 15 is 0 Å². The molecule has 0 radical (unpaired) electrons. The number of benzene rings is 1. The highest BCUT2D eigenvalue weighted by Gasteiger charge is 2.04. The molecule has 0 saturated carbocycles. The zero-order valence-corrected chi connectivity index (χ0v) is 10.9. The van der Waals surface area contributed by atoms with Gasteiger partial charge in [0.25, 0.3) is 0 Å². The van der Waals surface area contributed by atoms with Crippen LogP contribution in [0.1, 0.15) is 0 Å². The van der Waals surface area contributed by atoms with Gasteiger partial charge < -0.3 is 0 Å². The van der Waals surface area contributed by atoms with Crippen molar-refractivity contribution in [1.29, 1.82) is 0 Å². The topological polar surface area (TPSA) is 42.9 Å². The van der Waals surface area contributed by atoms with E-state index in [9.17, 15) is 4.21 Å². The average Bonchev–Trinajstić information content (AvgIpc) is 2.83. The number of rotatable bonds is 5. The fourth-order valence-electron chi connectivity index (χ4n) is 1.12. The van der Waals surface area contributed by atoms with Crippen molar-refractivity contribution in [2.45, 2.75) is 9.24 Å². The van der Waals surface area contributed by atoms with Crippen molar-refractivity contribution >= 4 is 33.9 Å². The molecule has 0 spiro atoms. The second-order valence-electron chi connectivity index (χ2n) is 2.92. The van der Waals surface area contributed by atoms with E-state index in [0.717, 1.165) is 15.0 Å². The quantitative estimate of drug-likeness (QED) is 0.783. The average molecular weight is 270 g/mol. The molecular formula is C10H10N2OS3. The van der Waals surface area contributed by atoms with Gasteiger partial charge in [-0.1, -0.05) is 41.3 Å². The molecule has 0 fully saturated rings. The first-order chi connectivity index (χ1) is 7.86. The van der Waals surface area contributed by atoms with E-state index in [1.54, 1.807) is 17.3 Å². The van der Waals surface area contributed by atoms with E-state index in [0.29, 0.717) is 5.75 Å². The number of nitrogens with zero attached hydrogens (tertiary/aromatic N) is 2. The van der Waals surface area contributed by atoms with Crippen LogP contribution >= 0.6 is 23.1 Å². The van der Waals surface area contributed by atoms with Crippen molar-refractivity contribution < 1.29 is 4.21 Å². The van der Waals surface area contributed by atoms with E-state index in [2.05, 4.69) is 10.2 Å². The van der Waals surface area contributed by atoms with Gasteiger partial charge in [-0.2, -0.15) is 0 Å². The second kappa shape index (κ2) is 6.12. The first-order valence-corrected chi connectivity index (χ1v) is 7.87. The lowest BCUT2D eigenvalue weighted by Gasteiger charge is -2.00. The van der Waals surface area contributed by atoms with Gasteiger partial charge in [-0.25, -0.2) is 0 Å². The maximum atomic E-state index is 11.8. The summed E-state index contributed by atoms with van der Waals surface area (Å²) in [6.45, 7) is 0. The summed E-state index contributed by atoms with van der Waals surface area (Å²) in [6.07, 6.45) is 0. The normalized spacial score (nSPS) is 12.5. The van der Waals surface area contributed by atoms with Crippen LogP contribution in [0, 0.1) is 0 Å². The SMILES string of the molecule is O=[S@@](CCSc1nncs1)c1ccccc1. The second-order valence-corrected chi connectivity index (χ2v) is 6.66. The summed E-state index contributed by atoms with van der Waals surface area (Å²) in [6, 6.07) is 9.53. The molecule has 2 rings (SSSR count). The van der Waals surface area contributed by atoms with Crippen LogP contribution in [-0.4, -0.2) is 25.9 Å². The minimum Gasteiger partial charge on any atom is -0.254 e. The molecule has 1 atom stereocenters. The van der Waals surface area contributed by atoms with E-state index in [-0.39, 0.29) is 0 Å². The molecule has 1 aromatic heterocycles. The Hall–Kier alpha value is -0.720. The first kappa shape index (κ1) is 11.8. The molecule has 0 saturated heterocycles. The zero-order chi connectivity index (χ0) is 11.2. The minimum absolute atomic E-state index is 0.647. The van der Waals surface area contributed by atoms with Gasteiger partial charge in [-0.05, 0) is 12.1 Å². The molecule has 0 unspecified atom stereocenters. The maximum Gasteiger partial charge on any atom is 0.174 e. The van der Waals surface area contributed by atoms with Gasteiger partial charge >= 0.3 is 0 Å². The van der Waals surface area contributed by atoms with E-state index < -0.39 is 10.8 Å². The van der Waals surface area contributed by atoms with Crippen LogP contribution in [0.2, 0.25) is 0 Å². The van der Waals surface area contributed by atoms with E-state index in [1.165, 1.54) is 11.3 Å². The Kier molecular flexibility index (Phi) is 4.50. The highest BCUT2D eigenvalue weighted by Crippen LogP contribution is 2.19. The third-order valence-electron chi connectivity index (χ3n) is 1.84. The summed E-state index contributed by atoms with van der Waals surface area (Å²) in [4.78, 5) is 0.889. The molecule has 0 aliphatic heterocycles. The molecular weight excluding hydrogens is 260 g/mol. The molecule has 16 heavy (non-hydrogen) atoms. The molecule has 2 aromatic rings. The lowest BCUT2D eigenvalue weighted by Crippen LogP contribution is -2.00. The molecule has 0 aliphatic rings. The molecule has 0 amide bonds. The number of thioether (sulfide) groups is 1. The van der Waals surface area contributed by atoms with Crippen LogP contribution in [0.4, 0.5) is 0 Å². The Morgan fingerprint density at radius 1 is 1.31 bits per heavy atom. The Labute approximate surface area is 105 Å². The minimum atomic E-state index is -0.909. The Bertz CT molecular complexity index is 444. The molecule has 1 aromatic carbocycles. The van der Waals surface area contributed by atoms with Gasteiger partial charge in [0.1, 0.15) is 5.51 Å². The third kappa shape index (κ3) is 3.40. The predicted molar refractivity (Wildman–Crippen MR) is 68.4 cm³/mol. The summed E-state index contributed by atoms with van der Waals surface area (Å²) in [5.74, 6) is 1.45. The van der Waals surface area contributed by atoms with Crippen LogP contribution in [0.15, 0.2) is 45.1 Å². The zero-order valence-electron chi connectivity index (χ0n) is 8.41. The Balaban J connectivity index is 1.81. The van der Waals surface area contributed by atoms with Crippen molar-refractivity contribution in [2.24, 2.45) is 0 Å². The maximum absolute atomic E-state index is 11.8. The summed E-state index contributed by atoms with van der Waals surface area (Å²) >= 11 is 3.11. The van der Waals surface area contributed by atoms with E-state index in [4.69, 9.17) is 0 Å². The first-order valence-electron chi connectivity index (χ1n) is 4.68. The molecule has 6 heteroatoms. The Morgan fingerprint density at radius 2 is 2.12 bits per heavy atom. The van der Waals surface area contributed by atoms with Gasteiger partial charge in [-0.3, -0.25) is 4.21 Å². The van der Waals surface area contributed by atoms with Crippen LogP contribution in [-0.2, 0) is 10.8 Å². The fourth-order valence-corrected chi connectivity index (χ4v) is 3.97. The highest BCUT2D eigenvalue weighted by atomic mass is 32.2. The lowest BCUT2D eigenvalue weighted by atomic mass is 10.4. The van der Waals surface area contributed by atoms with Gasteiger partial charge in [0.15, 0.2) is 4.34 Å². The van der Waals surface area contributed by atoms with E-state index in [1.807, 2.05) is 30.3 Å².